The Morgan fingerprint density at radius 2 is 1.74 bits per heavy atom. The zero-order valence-corrected chi connectivity index (χ0v) is 32.7. The largest absolute Gasteiger partial charge is 0.480 e. The van der Waals surface area contributed by atoms with Crippen molar-refractivity contribution in [3.8, 4) is 5.75 Å². The van der Waals surface area contributed by atoms with E-state index >= 15 is 8.78 Å². The number of carbonyl (C=O) groups is 2. The lowest BCUT2D eigenvalue weighted by molar-refractivity contribution is -0.134. The highest BCUT2D eigenvalue weighted by Gasteiger charge is 2.51. The Kier molecular flexibility index (Phi) is 8.74. The molecular formula is C40H42ClF2N11O4. The summed E-state index contributed by atoms with van der Waals surface area (Å²) in [7, 11) is 3.48. The Morgan fingerprint density at radius 1 is 0.948 bits per heavy atom. The maximum atomic E-state index is 15.2. The first-order valence-corrected chi connectivity index (χ1v) is 20.1. The Morgan fingerprint density at radius 3 is 2.53 bits per heavy atom. The molecule has 5 aliphatic rings. The number of hydrogen-bond acceptors (Lipinski definition) is 12. The molecular weight excluding hydrogens is 772 g/mol. The van der Waals surface area contributed by atoms with Crippen LogP contribution in [0.1, 0.15) is 37.3 Å². The number of rotatable bonds is 6. The molecule has 0 radical (unpaired) electrons. The number of nitrogens with zero attached hydrogens (tertiary/aromatic N) is 8. The van der Waals surface area contributed by atoms with E-state index in [1.165, 1.54) is 4.57 Å². The van der Waals surface area contributed by atoms with Crippen LogP contribution in [0.4, 0.5) is 37.6 Å². The number of piperazine rings is 2. The molecule has 2 amide bonds. The fourth-order valence-corrected chi connectivity index (χ4v) is 9.21. The van der Waals surface area contributed by atoms with Gasteiger partial charge in [-0.3, -0.25) is 29.3 Å². The van der Waals surface area contributed by atoms with Gasteiger partial charge < -0.3 is 29.7 Å². The first kappa shape index (κ1) is 36.8. The SMILES string of the molecule is Cn1nc(C2CCC(=O)NC2=O)c2ccc(N3CCN4CCN(c5ncc(Cl)c(Nc6ccc7c(c6)c6c(c(=O)n7C)OCC(F)(F)C(C7CC7)N6)n5)CC4C3)cc21. The van der Waals surface area contributed by atoms with Crippen LogP contribution in [0.2, 0.25) is 5.02 Å². The molecule has 3 aromatic heterocycles. The second kappa shape index (κ2) is 13.8. The van der Waals surface area contributed by atoms with E-state index in [9.17, 15) is 14.4 Å². The summed E-state index contributed by atoms with van der Waals surface area (Å²) in [6, 6.07) is 10.7. The molecule has 2 aromatic carbocycles. The summed E-state index contributed by atoms with van der Waals surface area (Å²) in [5, 5.41) is 15.3. The number of nitrogens with one attached hydrogen (secondary N) is 3. The Labute approximate surface area is 336 Å². The van der Waals surface area contributed by atoms with Crippen LogP contribution < -0.4 is 36.0 Å². The first-order valence-electron chi connectivity index (χ1n) is 19.7. The molecule has 302 valence electrons. The van der Waals surface area contributed by atoms with E-state index < -0.39 is 30.0 Å². The van der Waals surface area contributed by atoms with Gasteiger partial charge in [0, 0.05) is 88.0 Å². The average Bonchev–Trinajstić information content (AvgIpc) is 4.02. The molecule has 18 heteroatoms. The van der Waals surface area contributed by atoms with Gasteiger partial charge in [-0.1, -0.05) is 11.6 Å². The van der Waals surface area contributed by atoms with E-state index in [0.717, 1.165) is 49.3 Å². The number of aryl methyl sites for hydroxylation is 2. The second-order valence-corrected chi connectivity index (χ2v) is 16.5. The fraction of sp³-hybridized carbons (Fsp3) is 0.450. The van der Waals surface area contributed by atoms with Crippen molar-refractivity contribution in [2.24, 2.45) is 20.0 Å². The molecule has 4 aliphatic heterocycles. The first-order chi connectivity index (χ1) is 27.9. The molecule has 3 saturated heterocycles. The molecule has 15 nitrogen and oxygen atoms in total. The van der Waals surface area contributed by atoms with Gasteiger partial charge in [-0.2, -0.15) is 10.1 Å². The number of alkyl halides is 2. The monoisotopic (exact) mass is 813 g/mol. The molecule has 4 fully saturated rings. The van der Waals surface area contributed by atoms with Crippen LogP contribution in [0.25, 0.3) is 21.8 Å². The summed E-state index contributed by atoms with van der Waals surface area (Å²) >= 11 is 6.67. The number of carbonyl (C=O) groups excluding carboxylic acids is 2. The van der Waals surface area contributed by atoms with Gasteiger partial charge in [0.2, 0.25) is 23.5 Å². The molecule has 10 rings (SSSR count). The molecule has 3 N–H and O–H groups in total. The zero-order chi connectivity index (χ0) is 40.0. The van der Waals surface area contributed by atoms with E-state index in [-0.39, 0.29) is 35.2 Å². The minimum atomic E-state index is -3.14. The van der Waals surface area contributed by atoms with E-state index in [0.29, 0.717) is 71.3 Å². The molecule has 3 atom stereocenters. The summed E-state index contributed by atoms with van der Waals surface area (Å²) in [4.78, 5) is 54.2. The maximum Gasteiger partial charge on any atom is 0.301 e. The topological polar surface area (TPSA) is 155 Å². The molecule has 1 saturated carbocycles. The highest BCUT2D eigenvalue weighted by Crippen LogP contribution is 2.46. The van der Waals surface area contributed by atoms with Crippen LogP contribution in [0, 0.1) is 5.92 Å². The maximum absolute atomic E-state index is 15.2. The minimum Gasteiger partial charge on any atom is -0.480 e. The summed E-state index contributed by atoms with van der Waals surface area (Å²) in [5.74, 6) is -3.53. The number of aromatic nitrogens is 5. The van der Waals surface area contributed by atoms with Crippen molar-refractivity contribution in [2.75, 3.05) is 66.3 Å². The van der Waals surface area contributed by atoms with Crippen LogP contribution in [0.3, 0.4) is 0 Å². The van der Waals surface area contributed by atoms with Gasteiger partial charge in [0.05, 0.1) is 40.6 Å². The molecule has 3 unspecified atom stereocenters. The number of piperidine rings is 1. The molecule has 58 heavy (non-hydrogen) atoms. The number of ether oxygens (including phenoxy) is 1. The van der Waals surface area contributed by atoms with E-state index in [1.807, 2.05) is 17.8 Å². The molecule has 0 bridgehead atoms. The number of pyridine rings is 1. The van der Waals surface area contributed by atoms with Gasteiger partial charge in [-0.15, -0.1) is 0 Å². The third-order valence-electron chi connectivity index (χ3n) is 12.4. The molecule has 1 aliphatic carbocycles. The van der Waals surface area contributed by atoms with E-state index in [2.05, 4.69) is 47.8 Å². The Bertz CT molecular complexity index is 2580. The zero-order valence-electron chi connectivity index (χ0n) is 32.0. The van der Waals surface area contributed by atoms with Gasteiger partial charge in [0.15, 0.2) is 12.4 Å². The van der Waals surface area contributed by atoms with Crippen molar-refractivity contribution < 1.29 is 23.1 Å². The Hall–Kier alpha value is -5.55. The third-order valence-corrected chi connectivity index (χ3v) is 12.7. The molecule has 0 spiro atoms. The van der Waals surface area contributed by atoms with Crippen LogP contribution >= 0.6 is 11.6 Å². The van der Waals surface area contributed by atoms with E-state index in [4.69, 9.17) is 26.4 Å². The average molecular weight is 814 g/mol. The van der Waals surface area contributed by atoms with Gasteiger partial charge in [-0.25, -0.2) is 13.8 Å². The van der Waals surface area contributed by atoms with Crippen molar-refractivity contribution in [1.29, 1.82) is 0 Å². The summed E-state index contributed by atoms with van der Waals surface area (Å²) in [6.45, 7) is 3.95. The number of hydrogen-bond donors (Lipinski definition) is 3. The van der Waals surface area contributed by atoms with Gasteiger partial charge >= 0.3 is 5.92 Å². The van der Waals surface area contributed by atoms with Crippen molar-refractivity contribution in [2.45, 2.75) is 49.6 Å². The van der Waals surface area contributed by atoms with Crippen molar-refractivity contribution >= 4 is 74.0 Å². The Balaban J connectivity index is 0.876. The number of benzene rings is 2. The van der Waals surface area contributed by atoms with Gasteiger partial charge in [0.1, 0.15) is 5.02 Å². The fourth-order valence-electron chi connectivity index (χ4n) is 9.07. The minimum absolute atomic E-state index is 0.116. The number of amides is 2. The second-order valence-electron chi connectivity index (χ2n) is 16.1. The van der Waals surface area contributed by atoms with Crippen molar-refractivity contribution in [1.82, 2.24) is 34.5 Å². The smallest absolute Gasteiger partial charge is 0.301 e. The lowest BCUT2D eigenvalue weighted by Crippen LogP contribution is -2.62. The van der Waals surface area contributed by atoms with Gasteiger partial charge in [-0.05, 0) is 61.6 Å². The van der Waals surface area contributed by atoms with Crippen LogP contribution in [0.15, 0.2) is 47.4 Å². The predicted molar refractivity (Wildman–Crippen MR) is 216 cm³/mol. The predicted octanol–water partition coefficient (Wildman–Crippen LogP) is 4.36. The summed E-state index contributed by atoms with van der Waals surface area (Å²) in [6.07, 6.45) is 3.71. The number of anilines is 5. The summed E-state index contributed by atoms with van der Waals surface area (Å²) < 4.78 is 39.1. The van der Waals surface area contributed by atoms with Crippen molar-refractivity contribution in [3.05, 3.63) is 63.7 Å². The number of imide groups is 1. The van der Waals surface area contributed by atoms with Crippen LogP contribution in [-0.4, -0.2) is 105 Å². The van der Waals surface area contributed by atoms with Gasteiger partial charge in [0.25, 0.3) is 5.56 Å². The highest BCUT2D eigenvalue weighted by molar-refractivity contribution is 6.33. The third kappa shape index (κ3) is 6.34. The van der Waals surface area contributed by atoms with Crippen LogP contribution in [-0.2, 0) is 23.7 Å². The normalized spacial score (nSPS) is 23.5. The molecule has 7 heterocycles. The standard InChI is InChI=1S/C40H42ClF2N11O4/c1-50-29-9-5-22(15-27(29)33-34(38(50)57)58-20-40(42,43)35(47-33)21-3-4-21)45-36-28(41)17-44-39(48-36)54-14-12-52-11-13-53(18-24(52)19-54)23-6-7-25-30(16-23)51(2)49-32(25)26-8-10-31(55)46-37(26)56/h5-7,9,15-17,21,24,26,35,47H,3-4,8,10-14,18-20H2,1-2H3,(H,44,45,48)(H,46,55,56). The summed E-state index contributed by atoms with van der Waals surface area (Å²) in [5.41, 5.74) is 3.64. The molecule has 5 aromatic rings. The van der Waals surface area contributed by atoms with Crippen molar-refractivity contribution in [3.63, 3.8) is 0 Å². The van der Waals surface area contributed by atoms with Crippen LogP contribution in [0.5, 0.6) is 5.75 Å². The van der Waals surface area contributed by atoms with E-state index in [1.54, 1.807) is 31.4 Å². The lowest BCUT2D eigenvalue weighted by atomic mass is 9.93. The number of fused-ring (bicyclic) bond motifs is 5. The number of halogens is 3. The highest BCUT2D eigenvalue weighted by atomic mass is 35.5. The lowest BCUT2D eigenvalue weighted by Gasteiger charge is -2.48. The quantitative estimate of drug-likeness (QED) is 0.209.